The molecule has 6 nitrogen and oxygen atoms in total. The second-order valence-electron chi connectivity index (χ2n) is 6.04. The molecule has 0 saturated carbocycles. The first kappa shape index (κ1) is 17.1. The van der Waals surface area contributed by atoms with Gasteiger partial charge in [-0.25, -0.2) is 0 Å². The number of ether oxygens (including phenoxy) is 1. The number of carbonyl (C=O) groups excluding carboxylic acids is 1. The molecule has 0 radical (unpaired) electrons. The van der Waals surface area contributed by atoms with Gasteiger partial charge in [-0.2, -0.15) is 13.8 Å². The molecule has 0 spiro atoms. The zero-order valence-corrected chi connectivity index (χ0v) is 14.4. The second-order valence-corrected chi connectivity index (χ2v) is 6.04. The van der Waals surface area contributed by atoms with Crippen LogP contribution in [0.25, 0.3) is 11.4 Å². The van der Waals surface area contributed by atoms with Crippen molar-refractivity contribution in [3.63, 3.8) is 0 Å². The molecule has 1 aromatic heterocycles. The number of methoxy groups -OCH3 is 1. The van der Waals surface area contributed by atoms with E-state index in [0.717, 1.165) is 23.4 Å². The SMILES string of the molecule is COc1ccc2c(c1)CCN2C(=O)c1ccc(-c2noc(C(F)F)n2)cc1. The van der Waals surface area contributed by atoms with E-state index in [4.69, 9.17) is 4.74 Å². The monoisotopic (exact) mass is 371 g/mol. The molecule has 0 bridgehead atoms. The molecule has 2 heterocycles. The molecule has 0 fully saturated rings. The van der Waals surface area contributed by atoms with Crippen LogP contribution in [0.5, 0.6) is 5.75 Å². The van der Waals surface area contributed by atoms with Crippen LogP contribution in [-0.2, 0) is 6.42 Å². The highest BCUT2D eigenvalue weighted by Gasteiger charge is 2.26. The van der Waals surface area contributed by atoms with Crippen LogP contribution < -0.4 is 9.64 Å². The number of hydrogen-bond donors (Lipinski definition) is 0. The van der Waals surface area contributed by atoms with Crippen molar-refractivity contribution in [3.8, 4) is 17.1 Å². The Hall–Kier alpha value is -3.29. The van der Waals surface area contributed by atoms with Crippen molar-refractivity contribution in [1.29, 1.82) is 0 Å². The third kappa shape index (κ3) is 3.14. The summed E-state index contributed by atoms with van der Waals surface area (Å²) in [7, 11) is 1.61. The number of amides is 1. The minimum Gasteiger partial charge on any atom is -0.497 e. The summed E-state index contributed by atoms with van der Waals surface area (Å²) in [6, 6.07) is 12.1. The fourth-order valence-electron chi connectivity index (χ4n) is 3.07. The summed E-state index contributed by atoms with van der Waals surface area (Å²) in [6.07, 6.45) is -2.06. The number of hydrogen-bond acceptors (Lipinski definition) is 5. The first-order valence-corrected chi connectivity index (χ1v) is 8.28. The van der Waals surface area contributed by atoms with Gasteiger partial charge in [0.2, 0.25) is 5.82 Å². The van der Waals surface area contributed by atoms with Gasteiger partial charge in [0, 0.05) is 23.4 Å². The summed E-state index contributed by atoms with van der Waals surface area (Å²) in [4.78, 5) is 18.2. The molecule has 1 aliphatic heterocycles. The summed E-state index contributed by atoms with van der Waals surface area (Å²) in [5, 5.41) is 3.53. The molecule has 3 aromatic rings. The standard InChI is InChI=1S/C19H15F2N3O3/c1-26-14-6-7-15-13(10-14)8-9-24(15)19(25)12-4-2-11(3-5-12)17-22-18(16(20)21)27-23-17/h2-7,10,16H,8-9H2,1H3. The van der Waals surface area contributed by atoms with E-state index in [2.05, 4.69) is 14.7 Å². The Morgan fingerprint density at radius 1 is 1.22 bits per heavy atom. The molecule has 1 aliphatic rings. The number of rotatable bonds is 4. The largest absolute Gasteiger partial charge is 0.497 e. The smallest absolute Gasteiger partial charge is 0.315 e. The highest BCUT2D eigenvalue weighted by molar-refractivity contribution is 6.07. The molecular formula is C19H15F2N3O3. The highest BCUT2D eigenvalue weighted by atomic mass is 19.3. The van der Waals surface area contributed by atoms with Crippen LogP contribution in [0.2, 0.25) is 0 Å². The molecule has 0 atom stereocenters. The minimum absolute atomic E-state index is 0.0583. The average Bonchev–Trinajstić information content (AvgIpc) is 3.34. The first-order valence-electron chi connectivity index (χ1n) is 8.28. The van der Waals surface area contributed by atoms with E-state index in [1.165, 1.54) is 0 Å². The van der Waals surface area contributed by atoms with Crippen LogP contribution in [0, 0.1) is 0 Å². The van der Waals surface area contributed by atoms with E-state index >= 15 is 0 Å². The van der Waals surface area contributed by atoms with Crippen molar-refractivity contribution in [1.82, 2.24) is 10.1 Å². The van der Waals surface area contributed by atoms with Crippen molar-refractivity contribution in [2.45, 2.75) is 12.8 Å². The molecule has 0 N–H and O–H groups in total. The molecule has 27 heavy (non-hydrogen) atoms. The van der Waals surface area contributed by atoms with E-state index in [9.17, 15) is 13.6 Å². The molecule has 0 saturated heterocycles. The lowest BCUT2D eigenvalue weighted by Crippen LogP contribution is -2.28. The maximum Gasteiger partial charge on any atom is 0.315 e. The maximum atomic E-state index is 12.9. The molecule has 8 heteroatoms. The number of aromatic nitrogens is 2. The van der Waals surface area contributed by atoms with Gasteiger partial charge in [0.05, 0.1) is 7.11 Å². The van der Waals surface area contributed by atoms with Crippen LogP contribution in [0.1, 0.15) is 28.2 Å². The Kier molecular flexibility index (Phi) is 4.31. The quantitative estimate of drug-likeness (QED) is 0.696. The van der Waals surface area contributed by atoms with Gasteiger partial charge >= 0.3 is 6.43 Å². The average molecular weight is 371 g/mol. The minimum atomic E-state index is -2.82. The van der Waals surface area contributed by atoms with Gasteiger partial charge in [-0.15, -0.1) is 0 Å². The molecule has 138 valence electrons. The molecule has 0 aliphatic carbocycles. The third-order valence-corrected chi connectivity index (χ3v) is 4.45. The van der Waals surface area contributed by atoms with Gasteiger partial charge in [-0.05, 0) is 42.3 Å². The summed E-state index contributed by atoms with van der Waals surface area (Å²) < 4.78 is 34.8. The fraction of sp³-hybridized carbons (Fsp3) is 0.211. The molecule has 4 rings (SSSR count). The lowest BCUT2D eigenvalue weighted by molar-refractivity contribution is 0.0989. The van der Waals surface area contributed by atoms with Gasteiger partial charge in [0.25, 0.3) is 11.8 Å². The van der Waals surface area contributed by atoms with E-state index in [1.54, 1.807) is 36.3 Å². The number of alkyl halides is 2. The van der Waals surface area contributed by atoms with E-state index in [-0.39, 0.29) is 11.7 Å². The Morgan fingerprint density at radius 2 is 2.00 bits per heavy atom. The van der Waals surface area contributed by atoms with Crippen LogP contribution in [0.15, 0.2) is 47.0 Å². The van der Waals surface area contributed by atoms with E-state index in [1.807, 2.05) is 18.2 Å². The number of halogens is 2. The first-order chi connectivity index (χ1) is 13.1. The number of benzene rings is 2. The zero-order valence-electron chi connectivity index (χ0n) is 14.4. The number of nitrogens with zero attached hydrogens (tertiary/aromatic N) is 3. The van der Waals surface area contributed by atoms with Crippen LogP contribution in [0.3, 0.4) is 0 Å². The maximum absolute atomic E-state index is 12.9. The van der Waals surface area contributed by atoms with Crippen LogP contribution in [-0.4, -0.2) is 29.7 Å². The van der Waals surface area contributed by atoms with Gasteiger partial charge in [0.1, 0.15) is 5.75 Å². The third-order valence-electron chi connectivity index (χ3n) is 4.45. The predicted molar refractivity (Wildman–Crippen MR) is 93.1 cm³/mol. The molecule has 0 unspecified atom stereocenters. The zero-order chi connectivity index (χ0) is 19.0. The summed E-state index contributed by atoms with van der Waals surface area (Å²) >= 11 is 0. The number of fused-ring (bicyclic) bond motifs is 1. The Morgan fingerprint density at radius 3 is 2.67 bits per heavy atom. The summed E-state index contributed by atoms with van der Waals surface area (Å²) in [6.45, 7) is 0.589. The van der Waals surface area contributed by atoms with Crippen molar-refractivity contribution >= 4 is 11.6 Å². The van der Waals surface area contributed by atoms with Crippen LogP contribution >= 0.6 is 0 Å². The van der Waals surface area contributed by atoms with Crippen molar-refractivity contribution < 1.29 is 22.8 Å². The van der Waals surface area contributed by atoms with Crippen molar-refractivity contribution in [3.05, 3.63) is 59.5 Å². The van der Waals surface area contributed by atoms with E-state index in [0.29, 0.717) is 17.7 Å². The van der Waals surface area contributed by atoms with Gasteiger partial charge in [-0.3, -0.25) is 4.79 Å². The second kappa shape index (κ2) is 6.79. The van der Waals surface area contributed by atoms with Gasteiger partial charge in [0.15, 0.2) is 0 Å². The Balaban J connectivity index is 1.55. The fourth-order valence-corrected chi connectivity index (χ4v) is 3.07. The van der Waals surface area contributed by atoms with Crippen molar-refractivity contribution in [2.75, 3.05) is 18.6 Å². The van der Waals surface area contributed by atoms with E-state index < -0.39 is 12.3 Å². The topological polar surface area (TPSA) is 68.5 Å². The summed E-state index contributed by atoms with van der Waals surface area (Å²) in [5.74, 6) is -0.0419. The van der Waals surface area contributed by atoms with Gasteiger partial charge < -0.3 is 14.2 Å². The summed E-state index contributed by atoms with van der Waals surface area (Å²) in [5.41, 5.74) is 2.91. The number of anilines is 1. The Labute approximate surface area is 153 Å². The molecule has 1 amide bonds. The molecule has 2 aromatic carbocycles. The lowest BCUT2D eigenvalue weighted by Gasteiger charge is -2.17. The highest BCUT2D eigenvalue weighted by Crippen LogP contribution is 2.32. The normalized spacial score (nSPS) is 13.1. The number of carbonyl (C=O) groups is 1. The van der Waals surface area contributed by atoms with Gasteiger partial charge in [-0.1, -0.05) is 17.3 Å². The predicted octanol–water partition coefficient (Wildman–Crippen LogP) is 3.89. The Bertz CT molecular complexity index is 986. The lowest BCUT2D eigenvalue weighted by atomic mass is 10.1. The van der Waals surface area contributed by atoms with Crippen molar-refractivity contribution in [2.24, 2.45) is 0 Å². The van der Waals surface area contributed by atoms with Crippen LogP contribution in [0.4, 0.5) is 14.5 Å². The molecular weight excluding hydrogens is 356 g/mol.